The molecule has 2 N–H and O–H groups in total. The Hall–Kier alpha value is -2.82. The number of carbonyl (C=O) groups is 2. The topological polar surface area (TPSA) is 61.4 Å². The van der Waals surface area contributed by atoms with Gasteiger partial charge in [-0.25, -0.2) is 0 Å². The molecule has 3 rings (SSSR count). The molecule has 1 saturated heterocycles. The summed E-state index contributed by atoms with van der Waals surface area (Å²) in [6.07, 6.45) is 3.07. The Labute approximate surface area is 154 Å². The van der Waals surface area contributed by atoms with Crippen molar-refractivity contribution in [3.8, 4) is 0 Å². The number of nitrogens with one attached hydrogen (secondary N) is 2. The Morgan fingerprint density at radius 2 is 1.77 bits per heavy atom. The molecule has 1 aliphatic heterocycles. The maximum Gasteiger partial charge on any atom is 0.253 e. The van der Waals surface area contributed by atoms with Crippen molar-refractivity contribution in [1.29, 1.82) is 0 Å². The van der Waals surface area contributed by atoms with E-state index in [2.05, 4.69) is 27.7 Å². The lowest BCUT2D eigenvalue weighted by Crippen LogP contribution is -2.29. The van der Waals surface area contributed by atoms with Crippen LogP contribution in [-0.4, -0.2) is 31.4 Å². The maximum atomic E-state index is 12.8. The molecule has 2 amide bonds. The van der Waals surface area contributed by atoms with Crippen molar-refractivity contribution in [3.63, 3.8) is 0 Å². The zero-order chi connectivity index (χ0) is 18.4. The van der Waals surface area contributed by atoms with Gasteiger partial charge >= 0.3 is 0 Å². The fourth-order valence-electron chi connectivity index (χ4n) is 3.29. The quantitative estimate of drug-likeness (QED) is 0.840. The number of carbonyl (C=O) groups excluding carboxylic acids is 2. The SMILES string of the molecule is CC(=O)Nc1ccc(N2CCCC2)c(C(=O)NCCc2ccccc2)c1. The summed E-state index contributed by atoms with van der Waals surface area (Å²) in [5.41, 5.74) is 3.40. The van der Waals surface area contributed by atoms with Crippen LogP contribution in [0.25, 0.3) is 0 Å². The third kappa shape index (κ3) is 4.63. The lowest BCUT2D eigenvalue weighted by atomic mass is 10.1. The Morgan fingerprint density at radius 1 is 1.04 bits per heavy atom. The summed E-state index contributed by atoms with van der Waals surface area (Å²) in [5.74, 6) is -0.246. The zero-order valence-electron chi connectivity index (χ0n) is 15.1. The summed E-state index contributed by atoms with van der Waals surface area (Å²) >= 11 is 0. The first-order valence-electron chi connectivity index (χ1n) is 9.12. The van der Waals surface area contributed by atoms with Crippen molar-refractivity contribution >= 4 is 23.2 Å². The van der Waals surface area contributed by atoms with Crippen molar-refractivity contribution in [2.75, 3.05) is 29.9 Å². The van der Waals surface area contributed by atoms with Gasteiger partial charge in [0.25, 0.3) is 5.91 Å². The first-order valence-corrected chi connectivity index (χ1v) is 9.12. The van der Waals surface area contributed by atoms with Gasteiger partial charge in [0.05, 0.1) is 5.56 Å². The van der Waals surface area contributed by atoms with Crippen molar-refractivity contribution in [2.45, 2.75) is 26.2 Å². The lowest BCUT2D eigenvalue weighted by Gasteiger charge is -2.22. The molecule has 0 saturated carbocycles. The van der Waals surface area contributed by atoms with E-state index in [1.54, 1.807) is 6.07 Å². The molecule has 2 aromatic carbocycles. The van der Waals surface area contributed by atoms with Crippen LogP contribution in [0.1, 0.15) is 35.7 Å². The van der Waals surface area contributed by atoms with Crippen molar-refractivity contribution in [3.05, 3.63) is 59.7 Å². The highest BCUT2D eigenvalue weighted by Gasteiger charge is 2.20. The minimum absolute atomic E-state index is 0.102. The number of hydrogen-bond donors (Lipinski definition) is 2. The molecule has 0 aromatic heterocycles. The molecule has 0 radical (unpaired) electrons. The average molecular weight is 351 g/mol. The van der Waals surface area contributed by atoms with E-state index >= 15 is 0 Å². The van der Waals surface area contributed by atoms with Gasteiger partial charge in [0.2, 0.25) is 5.91 Å². The van der Waals surface area contributed by atoms with Gasteiger partial charge in [-0.3, -0.25) is 9.59 Å². The second-order valence-corrected chi connectivity index (χ2v) is 6.60. The predicted octanol–water partition coefficient (Wildman–Crippen LogP) is 3.22. The van der Waals surface area contributed by atoms with Gasteiger partial charge < -0.3 is 15.5 Å². The fraction of sp³-hybridized carbons (Fsp3) is 0.333. The van der Waals surface area contributed by atoms with Crippen LogP contribution >= 0.6 is 0 Å². The molecule has 26 heavy (non-hydrogen) atoms. The molecule has 1 heterocycles. The van der Waals surface area contributed by atoms with Crippen molar-refractivity contribution < 1.29 is 9.59 Å². The molecule has 1 aliphatic rings. The van der Waals surface area contributed by atoms with E-state index in [1.165, 1.54) is 12.5 Å². The van der Waals surface area contributed by atoms with Crippen LogP contribution in [0.3, 0.4) is 0 Å². The van der Waals surface area contributed by atoms with Gasteiger partial charge in [-0.05, 0) is 43.0 Å². The number of rotatable bonds is 6. The second-order valence-electron chi connectivity index (χ2n) is 6.60. The second kappa shape index (κ2) is 8.52. The minimum Gasteiger partial charge on any atom is -0.371 e. The normalized spacial score (nSPS) is 13.5. The van der Waals surface area contributed by atoms with E-state index in [0.717, 1.165) is 38.0 Å². The van der Waals surface area contributed by atoms with Crippen molar-refractivity contribution in [1.82, 2.24) is 5.32 Å². The van der Waals surface area contributed by atoms with Gasteiger partial charge in [-0.1, -0.05) is 30.3 Å². The van der Waals surface area contributed by atoms with E-state index in [1.807, 2.05) is 30.3 Å². The molecule has 1 fully saturated rings. The minimum atomic E-state index is -0.144. The summed E-state index contributed by atoms with van der Waals surface area (Å²) in [4.78, 5) is 26.4. The van der Waals surface area contributed by atoms with Crippen LogP contribution < -0.4 is 15.5 Å². The Balaban J connectivity index is 1.73. The number of benzene rings is 2. The number of amides is 2. The Kier molecular flexibility index (Phi) is 5.89. The first kappa shape index (κ1) is 18.0. The van der Waals surface area contributed by atoms with Crippen molar-refractivity contribution in [2.24, 2.45) is 0 Å². The smallest absolute Gasteiger partial charge is 0.253 e. The number of hydrogen-bond acceptors (Lipinski definition) is 3. The Bertz CT molecular complexity index is 768. The zero-order valence-corrected chi connectivity index (χ0v) is 15.1. The molecule has 0 unspecified atom stereocenters. The fourth-order valence-corrected chi connectivity index (χ4v) is 3.29. The van der Waals surface area contributed by atoms with E-state index < -0.39 is 0 Å². The monoisotopic (exact) mass is 351 g/mol. The first-order chi connectivity index (χ1) is 12.6. The highest BCUT2D eigenvalue weighted by Crippen LogP contribution is 2.27. The molecule has 136 valence electrons. The van der Waals surface area contributed by atoms with Crippen LogP contribution in [0.4, 0.5) is 11.4 Å². The van der Waals surface area contributed by atoms with Gasteiger partial charge in [-0.15, -0.1) is 0 Å². The summed E-state index contributed by atoms with van der Waals surface area (Å²) in [5, 5.41) is 5.78. The molecule has 0 atom stereocenters. The predicted molar refractivity (Wildman–Crippen MR) is 105 cm³/mol. The third-order valence-corrected chi connectivity index (χ3v) is 4.55. The van der Waals surface area contributed by atoms with E-state index in [0.29, 0.717) is 17.8 Å². The lowest BCUT2D eigenvalue weighted by molar-refractivity contribution is -0.114. The third-order valence-electron chi connectivity index (χ3n) is 4.55. The summed E-state index contributed by atoms with van der Waals surface area (Å²) in [7, 11) is 0. The molecule has 2 aromatic rings. The van der Waals surface area contributed by atoms with E-state index in [4.69, 9.17) is 0 Å². The van der Waals surface area contributed by atoms with Gasteiger partial charge in [-0.2, -0.15) is 0 Å². The molecular weight excluding hydrogens is 326 g/mol. The van der Waals surface area contributed by atoms with E-state index in [-0.39, 0.29) is 11.8 Å². The van der Waals surface area contributed by atoms with Crippen LogP contribution in [0.2, 0.25) is 0 Å². The van der Waals surface area contributed by atoms with Crippen LogP contribution in [0.15, 0.2) is 48.5 Å². The highest BCUT2D eigenvalue weighted by atomic mass is 16.2. The number of anilines is 2. The largest absolute Gasteiger partial charge is 0.371 e. The average Bonchev–Trinajstić information content (AvgIpc) is 3.16. The molecule has 0 spiro atoms. The standard InChI is InChI=1S/C21H25N3O2/c1-16(25)23-18-9-10-20(24-13-5-6-14-24)19(15-18)21(26)22-12-11-17-7-3-2-4-8-17/h2-4,7-10,15H,5-6,11-14H2,1H3,(H,22,26)(H,23,25). The molecule has 5 heteroatoms. The van der Waals surface area contributed by atoms with Gasteiger partial charge in [0.1, 0.15) is 0 Å². The number of nitrogens with zero attached hydrogens (tertiary/aromatic N) is 1. The highest BCUT2D eigenvalue weighted by molar-refractivity contribution is 6.02. The van der Waals surface area contributed by atoms with Crippen LogP contribution in [-0.2, 0) is 11.2 Å². The Morgan fingerprint density at radius 3 is 2.46 bits per heavy atom. The van der Waals surface area contributed by atoms with Gasteiger partial charge in [0, 0.05) is 37.9 Å². The van der Waals surface area contributed by atoms with E-state index in [9.17, 15) is 9.59 Å². The van der Waals surface area contributed by atoms with Crippen LogP contribution in [0, 0.1) is 0 Å². The summed E-state index contributed by atoms with van der Waals surface area (Å²) in [6.45, 7) is 3.97. The molecule has 0 bridgehead atoms. The molecule has 0 aliphatic carbocycles. The molecular formula is C21H25N3O2. The van der Waals surface area contributed by atoms with Gasteiger partial charge in [0.15, 0.2) is 0 Å². The summed E-state index contributed by atoms with van der Waals surface area (Å²) < 4.78 is 0. The van der Waals surface area contributed by atoms with Crippen LogP contribution in [0.5, 0.6) is 0 Å². The maximum absolute atomic E-state index is 12.8. The summed E-state index contributed by atoms with van der Waals surface area (Å²) in [6, 6.07) is 15.7. The molecule has 5 nitrogen and oxygen atoms in total.